The molecule has 0 amide bonds. The lowest BCUT2D eigenvalue weighted by Gasteiger charge is -2.42. The molecule has 27 heavy (non-hydrogen) atoms. The minimum Gasteiger partial charge on any atom is -0.390 e. The fourth-order valence-corrected chi connectivity index (χ4v) is 6.20. The molecule has 2 aromatic rings. The summed E-state index contributed by atoms with van der Waals surface area (Å²) in [6.07, 6.45) is -0.763. The molecule has 144 valence electrons. The smallest absolute Gasteiger partial charge is 0.154 e. The molecule has 0 aromatic heterocycles. The van der Waals surface area contributed by atoms with Crippen LogP contribution in [0.4, 0.5) is 0 Å². The molecule has 4 rings (SSSR count). The Morgan fingerprint density at radius 1 is 0.815 bits per heavy atom. The van der Waals surface area contributed by atoms with Crippen LogP contribution in [-0.2, 0) is 9.84 Å². The molecule has 2 saturated heterocycles. The van der Waals surface area contributed by atoms with E-state index in [1.807, 2.05) is 12.1 Å². The Morgan fingerprint density at radius 2 is 1.33 bits per heavy atom. The maximum Gasteiger partial charge on any atom is 0.154 e. The highest BCUT2D eigenvalue weighted by molar-refractivity contribution is 7.91. The van der Waals surface area contributed by atoms with Crippen LogP contribution in [0, 0.1) is 0 Å². The molecule has 5 nitrogen and oxygen atoms in total. The first kappa shape index (κ1) is 18.6. The highest BCUT2D eigenvalue weighted by atomic mass is 32.2. The highest BCUT2D eigenvalue weighted by Crippen LogP contribution is 2.30. The van der Waals surface area contributed by atoms with Crippen molar-refractivity contribution >= 4 is 9.84 Å². The van der Waals surface area contributed by atoms with Gasteiger partial charge in [-0.15, -0.1) is 0 Å². The fourth-order valence-electron chi connectivity index (χ4n) is 4.37. The first-order chi connectivity index (χ1) is 13.0. The minimum absolute atomic E-state index is 0.0783. The van der Waals surface area contributed by atoms with Gasteiger partial charge in [-0.1, -0.05) is 60.7 Å². The zero-order valence-electron chi connectivity index (χ0n) is 15.3. The maximum atomic E-state index is 11.8. The van der Waals surface area contributed by atoms with Crippen LogP contribution < -0.4 is 0 Å². The van der Waals surface area contributed by atoms with Crippen LogP contribution in [0.3, 0.4) is 0 Å². The first-order valence-corrected chi connectivity index (χ1v) is 11.3. The van der Waals surface area contributed by atoms with Gasteiger partial charge in [0, 0.05) is 26.2 Å². The van der Waals surface area contributed by atoms with Crippen molar-refractivity contribution in [1.29, 1.82) is 0 Å². The molecule has 0 spiro atoms. The average molecular weight is 387 g/mol. The van der Waals surface area contributed by atoms with Gasteiger partial charge in [0.25, 0.3) is 0 Å². The van der Waals surface area contributed by atoms with E-state index in [4.69, 9.17) is 0 Å². The third-order valence-corrected chi connectivity index (χ3v) is 7.41. The second-order valence-electron chi connectivity index (χ2n) is 7.51. The molecule has 2 aliphatic rings. The van der Waals surface area contributed by atoms with Gasteiger partial charge in [-0.05, 0) is 11.1 Å². The van der Waals surface area contributed by atoms with E-state index in [0.29, 0.717) is 0 Å². The van der Waals surface area contributed by atoms with Gasteiger partial charge < -0.3 is 5.11 Å². The SMILES string of the molecule is O=S1(=O)CC(O)C(N2CCN(C(c3ccccc3)c3ccccc3)CC2)C1. The summed E-state index contributed by atoms with van der Waals surface area (Å²) in [5.41, 5.74) is 2.53. The van der Waals surface area contributed by atoms with E-state index in [-0.39, 0.29) is 23.6 Å². The molecular formula is C21H26N2O3S. The Bertz CT molecular complexity index is 810. The van der Waals surface area contributed by atoms with Crippen molar-refractivity contribution in [2.45, 2.75) is 18.2 Å². The molecule has 0 radical (unpaired) electrons. The lowest BCUT2D eigenvalue weighted by Crippen LogP contribution is -2.54. The van der Waals surface area contributed by atoms with Crippen molar-refractivity contribution in [3.63, 3.8) is 0 Å². The van der Waals surface area contributed by atoms with Crippen LogP contribution in [0.2, 0.25) is 0 Å². The summed E-state index contributed by atoms with van der Waals surface area (Å²) in [5, 5.41) is 10.2. The van der Waals surface area contributed by atoms with E-state index in [2.05, 4.69) is 58.3 Å². The number of aliphatic hydroxyl groups is 1. The zero-order valence-corrected chi connectivity index (χ0v) is 16.1. The molecule has 2 atom stereocenters. The largest absolute Gasteiger partial charge is 0.390 e. The maximum absolute atomic E-state index is 11.8. The second-order valence-corrected chi connectivity index (χ2v) is 9.66. The van der Waals surface area contributed by atoms with Crippen molar-refractivity contribution in [3.05, 3.63) is 71.8 Å². The van der Waals surface area contributed by atoms with Gasteiger partial charge in [-0.2, -0.15) is 0 Å². The van der Waals surface area contributed by atoms with E-state index >= 15 is 0 Å². The third-order valence-electron chi connectivity index (χ3n) is 5.71. The van der Waals surface area contributed by atoms with Crippen molar-refractivity contribution < 1.29 is 13.5 Å². The number of rotatable bonds is 4. The summed E-state index contributed by atoms with van der Waals surface area (Å²) in [5.74, 6) is -0.0243. The molecule has 2 fully saturated rings. The van der Waals surface area contributed by atoms with Crippen LogP contribution in [0.15, 0.2) is 60.7 Å². The standard InChI is InChI=1S/C21H26N2O3S/c24-20-16-27(25,26)15-19(20)22-11-13-23(14-12-22)21(17-7-3-1-4-8-17)18-9-5-2-6-10-18/h1-10,19-21,24H,11-16H2. The number of sulfone groups is 1. The van der Waals surface area contributed by atoms with Crippen molar-refractivity contribution in [1.82, 2.24) is 9.80 Å². The number of piperazine rings is 1. The summed E-state index contributed by atoms with van der Waals surface area (Å²) < 4.78 is 23.7. The molecule has 0 aliphatic carbocycles. The topological polar surface area (TPSA) is 60.9 Å². The van der Waals surface area contributed by atoms with E-state index in [1.54, 1.807) is 0 Å². The average Bonchev–Trinajstić information content (AvgIpc) is 2.97. The summed E-state index contributed by atoms with van der Waals surface area (Å²) >= 11 is 0. The van der Waals surface area contributed by atoms with Crippen LogP contribution in [0.5, 0.6) is 0 Å². The molecule has 2 heterocycles. The van der Waals surface area contributed by atoms with Crippen molar-refractivity contribution in [2.75, 3.05) is 37.7 Å². The molecule has 2 aromatic carbocycles. The van der Waals surface area contributed by atoms with E-state index < -0.39 is 15.9 Å². The minimum atomic E-state index is -3.12. The van der Waals surface area contributed by atoms with Crippen LogP contribution >= 0.6 is 0 Å². The van der Waals surface area contributed by atoms with Gasteiger partial charge in [0.2, 0.25) is 0 Å². The molecule has 2 aliphatic heterocycles. The van der Waals surface area contributed by atoms with Gasteiger partial charge in [-0.25, -0.2) is 8.42 Å². The van der Waals surface area contributed by atoms with Crippen molar-refractivity contribution in [2.24, 2.45) is 0 Å². The van der Waals surface area contributed by atoms with Crippen molar-refractivity contribution in [3.8, 4) is 0 Å². The Hall–Kier alpha value is -1.73. The Balaban J connectivity index is 1.51. The van der Waals surface area contributed by atoms with Crippen LogP contribution in [0.1, 0.15) is 17.2 Å². The Labute approximate surface area is 161 Å². The molecule has 2 unspecified atom stereocenters. The Kier molecular flexibility index (Phi) is 5.32. The van der Waals surface area contributed by atoms with E-state index in [1.165, 1.54) is 11.1 Å². The van der Waals surface area contributed by atoms with E-state index in [9.17, 15) is 13.5 Å². The Morgan fingerprint density at radius 3 is 1.78 bits per heavy atom. The summed E-state index contributed by atoms with van der Waals surface area (Å²) in [7, 11) is -3.12. The predicted molar refractivity (Wildman–Crippen MR) is 106 cm³/mol. The van der Waals surface area contributed by atoms with Crippen LogP contribution in [0.25, 0.3) is 0 Å². The van der Waals surface area contributed by atoms with Gasteiger partial charge in [-0.3, -0.25) is 9.80 Å². The van der Waals surface area contributed by atoms with Gasteiger partial charge >= 0.3 is 0 Å². The van der Waals surface area contributed by atoms with E-state index in [0.717, 1.165) is 26.2 Å². The number of aliphatic hydroxyl groups excluding tert-OH is 1. The lowest BCUT2D eigenvalue weighted by atomic mass is 9.96. The number of hydrogen-bond donors (Lipinski definition) is 1. The fraction of sp³-hybridized carbons (Fsp3) is 0.429. The molecule has 6 heteroatoms. The van der Waals surface area contributed by atoms with Gasteiger partial charge in [0.15, 0.2) is 9.84 Å². The molecular weight excluding hydrogens is 360 g/mol. The quantitative estimate of drug-likeness (QED) is 0.864. The van der Waals surface area contributed by atoms with Crippen LogP contribution in [-0.4, -0.2) is 73.2 Å². The molecule has 0 saturated carbocycles. The first-order valence-electron chi connectivity index (χ1n) is 9.50. The summed E-state index contributed by atoms with van der Waals surface area (Å²) in [6, 6.07) is 20.9. The normalized spacial score (nSPS) is 26.4. The molecule has 1 N–H and O–H groups in total. The molecule has 0 bridgehead atoms. The third kappa shape index (κ3) is 4.09. The van der Waals surface area contributed by atoms with Gasteiger partial charge in [0.05, 0.1) is 29.7 Å². The summed E-state index contributed by atoms with van der Waals surface area (Å²) in [4.78, 5) is 4.61. The highest BCUT2D eigenvalue weighted by Gasteiger charge is 2.41. The van der Waals surface area contributed by atoms with Gasteiger partial charge in [0.1, 0.15) is 0 Å². The zero-order chi connectivity index (χ0) is 18.9. The monoisotopic (exact) mass is 386 g/mol. The number of hydrogen-bond acceptors (Lipinski definition) is 5. The second kappa shape index (κ2) is 7.72. The number of nitrogens with zero attached hydrogens (tertiary/aromatic N) is 2. The lowest BCUT2D eigenvalue weighted by molar-refractivity contribution is 0.0361. The predicted octanol–water partition coefficient (Wildman–Crippen LogP) is 1.55. The number of benzene rings is 2. The summed E-state index contributed by atoms with van der Waals surface area (Å²) in [6.45, 7) is 3.23.